The first kappa shape index (κ1) is 16.0. The summed E-state index contributed by atoms with van der Waals surface area (Å²) in [6.45, 7) is 1.10. The van der Waals surface area contributed by atoms with Gasteiger partial charge in [0.05, 0.1) is 5.56 Å². The van der Waals surface area contributed by atoms with E-state index in [9.17, 15) is 14.4 Å². The maximum Gasteiger partial charge on any atom is 0.335 e. The lowest BCUT2D eigenvalue weighted by atomic mass is 9.95. The van der Waals surface area contributed by atoms with Gasteiger partial charge in [-0.15, -0.1) is 0 Å². The number of benzene rings is 1. The third kappa shape index (κ3) is 4.07. The standard InChI is InChI=1S/C16H20N2O4/c1-18-9-7-13(10-14(18)19)15(20)17-8-6-11-2-4-12(5-3-11)16(21)22/h2-5,13H,6-10H2,1H3,(H,17,20)(H,21,22)/t13-/m0/s1. The molecular weight excluding hydrogens is 284 g/mol. The smallest absolute Gasteiger partial charge is 0.335 e. The summed E-state index contributed by atoms with van der Waals surface area (Å²) in [5, 5.41) is 11.7. The fourth-order valence-corrected chi connectivity index (χ4v) is 2.46. The Labute approximate surface area is 129 Å². The molecule has 0 unspecified atom stereocenters. The third-order valence-electron chi connectivity index (χ3n) is 3.94. The molecule has 22 heavy (non-hydrogen) atoms. The van der Waals surface area contributed by atoms with Gasteiger partial charge in [0.15, 0.2) is 0 Å². The van der Waals surface area contributed by atoms with Crippen LogP contribution in [0.3, 0.4) is 0 Å². The Morgan fingerprint density at radius 3 is 2.59 bits per heavy atom. The predicted molar refractivity (Wildman–Crippen MR) is 80.5 cm³/mol. The number of carbonyl (C=O) groups excluding carboxylic acids is 2. The van der Waals surface area contributed by atoms with Gasteiger partial charge in [-0.05, 0) is 30.5 Å². The Bertz CT molecular complexity index is 568. The molecule has 2 rings (SSSR count). The minimum Gasteiger partial charge on any atom is -0.478 e. The van der Waals surface area contributed by atoms with Gasteiger partial charge < -0.3 is 15.3 Å². The first-order valence-electron chi connectivity index (χ1n) is 7.31. The van der Waals surface area contributed by atoms with Crippen molar-refractivity contribution in [3.05, 3.63) is 35.4 Å². The zero-order chi connectivity index (χ0) is 16.1. The Hall–Kier alpha value is -2.37. The van der Waals surface area contributed by atoms with Crippen LogP contribution in [0.25, 0.3) is 0 Å². The average Bonchev–Trinajstić information content (AvgIpc) is 2.50. The molecule has 2 N–H and O–H groups in total. The van der Waals surface area contributed by atoms with E-state index in [2.05, 4.69) is 5.32 Å². The highest BCUT2D eigenvalue weighted by molar-refractivity contribution is 5.87. The van der Waals surface area contributed by atoms with E-state index < -0.39 is 5.97 Å². The molecule has 1 heterocycles. The number of carboxylic acid groups (broad SMARTS) is 1. The molecule has 1 aromatic rings. The quantitative estimate of drug-likeness (QED) is 0.846. The molecule has 0 aliphatic carbocycles. The molecule has 6 nitrogen and oxygen atoms in total. The second-order valence-electron chi connectivity index (χ2n) is 5.55. The molecule has 0 aromatic heterocycles. The number of aromatic carboxylic acids is 1. The number of carboxylic acids is 1. The number of amides is 2. The number of rotatable bonds is 5. The number of nitrogens with zero attached hydrogens (tertiary/aromatic N) is 1. The van der Waals surface area contributed by atoms with Crippen LogP contribution in [0.4, 0.5) is 0 Å². The Balaban J connectivity index is 1.77. The average molecular weight is 304 g/mol. The van der Waals surface area contributed by atoms with Crippen molar-refractivity contribution in [2.75, 3.05) is 20.1 Å². The monoisotopic (exact) mass is 304 g/mol. The van der Waals surface area contributed by atoms with Crippen LogP contribution >= 0.6 is 0 Å². The van der Waals surface area contributed by atoms with Gasteiger partial charge in [-0.25, -0.2) is 4.79 Å². The first-order valence-corrected chi connectivity index (χ1v) is 7.31. The van der Waals surface area contributed by atoms with Gasteiger partial charge in [0.2, 0.25) is 11.8 Å². The fourth-order valence-electron chi connectivity index (χ4n) is 2.46. The van der Waals surface area contributed by atoms with Crippen molar-refractivity contribution in [2.24, 2.45) is 5.92 Å². The molecule has 118 valence electrons. The zero-order valence-corrected chi connectivity index (χ0v) is 12.5. The molecule has 0 saturated carbocycles. The van der Waals surface area contributed by atoms with Crippen LogP contribution in [-0.4, -0.2) is 47.9 Å². The molecule has 2 amide bonds. The maximum absolute atomic E-state index is 12.0. The minimum absolute atomic E-state index is 0.00987. The van der Waals surface area contributed by atoms with E-state index in [4.69, 9.17) is 5.11 Å². The normalized spacial score (nSPS) is 18.1. The molecule has 0 radical (unpaired) electrons. The van der Waals surface area contributed by atoms with Crippen molar-refractivity contribution >= 4 is 17.8 Å². The highest BCUT2D eigenvalue weighted by Crippen LogP contribution is 2.17. The molecule has 1 fully saturated rings. The van der Waals surface area contributed by atoms with E-state index in [1.54, 1.807) is 36.2 Å². The van der Waals surface area contributed by atoms with Crippen molar-refractivity contribution in [3.8, 4) is 0 Å². The summed E-state index contributed by atoms with van der Waals surface area (Å²) in [5.41, 5.74) is 1.21. The van der Waals surface area contributed by atoms with Gasteiger partial charge in [0.1, 0.15) is 0 Å². The predicted octanol–water partition coefficient (Wildman–Crippen LogP) is 0.912. The second-order valence-corrected chi connectivity index (χ2v) is 5.55. The highest BCUT2D eigenvalue weighted by Gasteiger charge is 2.28. The van der Waals surface area contributed by atoms with Gasteiger partial charge in [-0.1, -0.05) is 12.1 Å². The summed E-state index contributed by atoms with van der Waals surface area (Å²) < 4.78 is 0. The SMILES string of the molecule is CN1CC[C@H](C(=O)NCCc2ccc(C(=O)O)cc2)CC1=O. The van der Waals surface area contributed by atoms with Gasteiger partial charge in [0, 0.05) is 32.5 Å². The van der Waals surface area contributed by atoms with E-state index in [-0.39, 0.29) is 29.7 Å². The molecule has 1 aromatic carbocycles. The molecule has 0 bridgehead atoms. The van der Waals surface area contributed by atoms with Crippen molar-refractivity contribution < 1.29 is 19.5 Å². The molecule has 1 saturated heterocycles. The summed E-state index contributed by atoms with van der Waals surface area (Å²) in [5.74, 6) is -1.26. The van der Waals surface area contributed by atoms with Crippen molar-refractivity contribution in [2.45, 2.75) is 19.3 Å². The lowest BCUT2D eigenvalue weighted by molar-refractivity contribution is -0.139. The lowest BCUT2D eigenvalue weighted by Gasteiger charge is -2.27. The van der Waals surface area contributed by atoms with E-state index in [0.29, 0.717) is 25.9 Å². The van der Waals surface area contributed by atoms with Crippen LogP contribution < -0.4 is 5.32 Å². The first-order chi connectivity index (χ1) is 10.5. The molecule has 1 aliphatic heterocycles. The molecule has 6 heteroatoms. The number of hydrogen-bond acceptors (Lipinski definition) is 3. The topological polar surface area (TPSA) is 86.7 Å². The lowest BCUT2D eigenvalue weighted by Crippen LogP contribution is -2.42. The van der Waals surface area contributed by atoms with Crippen molar-refractivity contribution in [1.29, 1.82) is 0 Å². The van der Waals surface area contributed by atoms with Gasteiger partial charge >= 0.3 is 5.97 Å². The van der Waals surface area contributed by atoms with Crippen LogP contribution in [0.1, 0.15) is 28.8 Å². The number of likely N-dealkylation sites (tertiary alicyclic amines) is 1. The van der Waals surface area contributed by atoms with E-state index in [0.717, 1.165) is 5.56 Å². The van der Waals surface area contributed by atoms with Crippen molar-refractivity contribution in [1.82, 2.24) is 10.2 Å². The van der Waals surface area contributed by atoms with Crippen LogP contribution in [0, 0.1) is 5.92 Å². The summed E-state index contributed by atoms with van der Waals surface area (Å²) in [6, 6.07) is 6.59. The number of carbonyl (C=O) groups is 3. The van der Waals surface area contributed by atoms with Gasteiger partial charge in [-0.2, -0.15) is 0 Å². The summed E-state index contributed by atoms with van der Waals surface area (Å²) >= 11 is 0. The number of piperidine rings is 1. The van der Waals surface area contributed by atoms with Crippen LogP contribution in [-0.2, 0) is 16.0 Å². The molecule has 0 spiro atoms. The highest BCUT2D eigenvalue weighted by atomic mass is 16.4. The van der Waals surface area contributed by atoms with E-state index in [1.165, 1.54) is 0 Å². The largest absolute Gasteiger partial charge is 0.478 e. The van der Waals surface area contributed by atoms with Gasteiger partial charge in [-0.3, -0.25) is 9.59 Å². The number of nitrogens with one attached hydrogen (secondary N) is 1. The minimum atomic E-state index is -0.952. The number of hydrogen-bond donors (Lipinski definition) is 2. The zero-order valence-electron chi connectivity index (χ0n) is 12.5. The van der Waals surface area contributed by atoms with Crippen LogP contribution in [0.2, 0.25) is 0 Å². The van der Waals surface area contributed by atoms with E-state index >= 15 is 0 Å². The molecule has 1 atom stereocenters. The Morgan fingerprint density at radius 1 is 1.32 bits per heavy atom. The third-order valence-corrected chi connectivity index (χ3v) is 3.94. The summed E-state index contributed by atoms with van der Waals surface area (Å²) in [6.07, 6.45) is 1.60. The Kier molecular flexibility index (Phi) is 5.14. The van der Waals surface area contributed by atoms with Gasteiger partial charge in [0.25, 0.3) is 0 Å². The molecular formula is C16H20N2O4. The Morgan fingerprint density at radius 2 is 2.00 bits per heavy atom. The van der Waals surface area contributed by atoms with Crippen LogP contribution in [0.5, 0.6) is 0 Å². The molecule has 1 aliphatic rings. The second kappa shape index (κ2) is 7.06. The van der Waals surface area contributed by atoms with Crippen LogP contribution in [0.15, 0.2) is 24.3 Å². The van der Waals surface area contributed by atoms with E-state index in [1.807, 2.05) is 0 Å². The van der Waals surface area contributed by atoms with Crippen molar-refractivity contribution in [3.63, 3.8) is 0 Å². The summed E-state index contributed by atoms with van der Waals surface area (Å²) in [4.78, 5) is 36.0. The maximum atomic E-state index is 12.0. The fraction of sp³-hybridized carbons (Fsp3) is 0.438. The summed E-state index contributed by atoms with van der Waals surface area (Å²) in [7, 11) is 1.75.